The van der Waals surface area contributed by atoms with Gasteiger partial charge in [0.1, 0.15) is 17.3 Å². The molecular weight excluding hydrogens is 544 g/mol. The first kappa shape index (κ1) is 29.3. The minimum atomic E-state index is -0.993. The van der Waals surface area contributed by atoms with E-state index in [1.807, 2.05) is 61.5 Å². The molecular formula is C33H34N6O4. The summed E-state index contributed by atoms with van der Waals surface area (Å²) in [7, 11) is 1.39. The predicted molar refractivity (Wildman–Crippen MR) is 167 cm³/mol. The number of amides is 3. The number of methoxy groups -OCH3 is 1. The lowest BCUT2D eigenvalue weighted by molar-refractivity contribution is -0.128. The van der Waals surface area contributed by atoms with Crippen molar-refractivity contribution < 1.29 is 19.1 Å². The molecule has 10 nitrogen and oxygen atoms in total. The Hall–Kier alpha value is -5.22. The number of benzene rings is 3. The van der Waals surface area contributed by atoms with E-state index in [0.717, 1.165) is 27.7 Å². The van der Waals surface area contributed by atoms with Gasteiger partial charge in [0.15, 0.2) is 6.10 Å². The Morgan fingerprint density at radius 3 is 2.33 bits per heavy atom. The molecule has 0 fully saturated rings. The first-order valence-corrected chi connectivity index (χ1v) is 13.8. The number of aryl methyl sites for hydroxylation is 1. The fourth-order valence-electron chi connectivity index (χ4n) is 4.60. The molecule has 3 amide bonds. The normalized spacial score (nSPS) is 12.1. The lowest BCUT2D eigenvalue weighted by atomic mass is 9.92. The molecule has 220 valence electrons. The second kappa shape index (κ2) is 11.9. The third-order valence-electron chi connectivity index (χ3n) is 6.87. The van der Waals surface area contributed by atoms with Gasteiger partial charge in [-0.3, -0.25) is 15.1 Å². The minimum Gasteiger partial charge on any atom is -0.457 e. The summed E-state index contributed by atoms with van der Waals surface area (Å²) in [5, 5.41) is 12.3. The number of hydrogen-bond acceptors (Lipinski definition) is 6. The van der Waals surface area contributed by atoms with Crippen LogP contribution in [0.25, 0.3) is 16.5 Å². The Morgan fingerprint density at radius 2 is 1.65 bits per heavy atom. The van der Waals surface area contributed by atoms with Crippen molar-refractivity contribution >= 4 is 34.2 Å². The average Bonchev–Trinajstić information content (AvgIpc) is 3.39. The Morgan fingerprint density at radius 1 is 0.930 bits per heavy atom. The van der Waals surface area contributed by atoms with Crippen LogP contribution in [0.5, 0.6) is 11.5 Å². The molecule has 4 N–H and O–H groups in total. The number of ether oxygens (including phenoxy) is 2. The zero-order valence-electron chi connectivity index (χ0n) is 24.7. The highest BCUT2D eigenvalue weighted by molar-refractivity contribution is 6.07. The van der Waals surface area contributed by atoms with Crippen LogP contribution in [0.2, 0.25) is 0 Å². The highest BCUT2D eigenvalue weighted by Crippen LogP contribution is 2.35. The standard InChI is InChI=1S/C33H34N6O4/c1-20-10-12-21(13-11-20)39-29(19-28(38-39)33(2,3)4)37-32(41)36-25-14-15-27(24-9-7-6-8-23(24)25)43-22-16-17-35-26(18-22)30(42-5)31(34)40/h6-19,30H,1-5H3,(H2,34,40)(H2,36,37,41). The van der Waals surface area contributed by atoms with Crippen LogP contribution in [0.15, 0.2) is 85.1 Å². The Balaban J connectivity index is 1.41. The first-order valence-electron chi connectivity index (χ1n) is 13.8. The van der Waals surface area contributed by atoms with Crippen LogP contribution in [-0.2, 0) is 14.9 Å². The second-order valence-corrected chi connectivity index (χ2v) is 11.2. The molecule has 0 aliphatic carbocycles. The molecule has 3 aromatic carbocycles. The number of urea groups is 1. The van der Waals surface area contributed by atoms with E-state index in [-0.39, 0.29) is 5.41 Å². The number of nitrogens with two attached hydrogens (primary N) is 1. The number of hydrogen-bond donors (Lipinski definition) is 3. The molecule has 0 bridgehead atoms. The van der Waals surface area contributed by atoms with Crippen molar-refractivity contribution in [2.24, 2.45) is 5.73 Å². The lowest BCUT2D eigenvalue weighted by Gasteiger charge is -2.15. The molecule has 10 heteroatoms. The van der Waals surface area contributed by atoms with E-state index in [9.17, 15) is 9.59 Å². The maximum atomic E-state index is 13.3. The number of nitrogens with zero attached hydrogens (tertiary/aromatic N) is 3. The largest absolute Gasteiger partial charge is 0.457 e. The Kier molecular flexibility index (Phi) is 8.13. The van der Waals surface area contributed by atoms with Crippen molar-refractivity contribution in [2.75, 3.05) is 17.7 Å². The van der Waals surface area contributed by atoms with Crippen LogP contribution in [0.4, 0.5) is 16.3 Å². The molecule has 1 atom stereocenters. The summed E-state index contributed by atoms with van der Waals surface area (Å²) in [6.45, 7) is 8.26. The van der Waals surface area contributed by atoms with E-state index >= 15 is 0 Å². The molecule has 0 spiro atoms. The van der Waals surface area contributed by atoms with Gasteiger partial charge < -0.3 is 20.5 Å². The number of anilines is 2. The van der Waals surface area contributed by atoms with E-state index in [2.05, 4.69) is 36.4 Å². The molecule has 0 radical (unpaired) electrons. The molecule has 5 aromatic rings. The smallest absolute Gasteiger partial charge is 0.324 e. The van der Waals surface area contributed by atoms with Crippen molar-refractivity contribution in [2.45, 2.75) is 39.2 Å². The Bertz CT molecular complexity index is 1790. The number of carbonyl (C=O) groups excluding carboxylic acids is 2. The van der Waals surface area contributed by atoms with Crippen molar-refractivity contribution in [1.29, 1.82) is 0 Å². The third-order valence-corrected chi connectivity index (χ3v) is 6.87. The molecule has 0 saturated carbocycles. The maximum Gasteiger partial charge on any atom is 0.324 e. The van der Waals surface area contributed by atoms with E-state index < -0.39 is 18.0 Å². The van der Waals surface area contributed by atoms with Gasteiger partial charge in [-0.05, 0) is 37.3 Å². The van der Waals surface area contributed by atoms with E-state index in [0.29, 0.717) is 28.7 Å². The van der Waals surface area contributed by atoms with E-state index in [1.165, 1.54) is 13.3 Å². The van der Waals surface area contributed by atoms with Crippen molar-refractivity contribution in [1.82, 2.24) is 14.8 Å². The molecule has 43 heavy (non-hydrogen) atoms. The van der Waals surface area contributed by atoms with Crippen LogP contribution in [0.3, 0.4) is 0 Å². The third kappa shape index (κ3) is 6.49. The monoisotopic (exact) mass is 578 g/mol. The fourth-order valence-corrected chi connectivity index (χ4v) is 4.60. The molecule has 0 aliphatic rings. The summed E-state index contributed by atoms with van der Waals surface area (Å²) < 4.78 is 13.1. The number of primary amides is 1. The summed E-state index contributed by atoms with van der Waals surface area (Å²) in [6.07, 6.45) is 0.529. The first-order chi connectivity index (χ1) is 20.5. The Labute approximate surface area is 249 Å². The molecule has 2 heterocycles. The van der Waals surface area contributed by atoms with Gasteiger partial charge in [-0.1, -0.05) is 62.7 Å². The summed E-state index contributed by atoms with van der Waals surface area (Å²) in [5.41, 5.74) is 8.98. The number of aromatic nitrogens is 3. The maximum absolute atomic E-state index is 13.3. The topological polar surface area (TPSA) is 133 Å². The van der Waals surface area contributed by atoms with Gasteiger partial charge >= 0.3 is 6.03 Å². The zero-order valence-corrected chi connectivity index (χ0v) is 24.7. The van der Waals surface area contributed by atoms with Gasteiger partial charge in [0.05, 0.1) is 22.8 Å². The predicted octanol–water partition coefficient (Wildman–Crippen LogP) is 6.64. The number of carbonyl (C=O) groups is 2. The van der Waals surface area contributed by atoms with Crippen molar-refractivity contribution in [3.8, 4) is 17.2 Å². The number of rotatable bonds is 8. The number of pyridine rings is 1. The quantitative estimate of drug-likeness (QED) is 0.189. The zero-order chi connectivity index (χ0) is 30.7. The highest BCUT2D eigenvalue weighted by atomic mass is 16.5. The average molecular weight is 579 g/mol. The van der Waals surface area contributed by atoms with Gasteiger partial charge in [-0.25, -0.2) is 9.48 Å². The summed E-state index contributed by atoms with van der Waals surface area (Å²) in [4.78, 5) is 29.3. The van der Waals surface area contributed by atoms with Crippen LogP contribution < -0.4 is 21.1 Å². The molecule has 5 rings (SSSR count). The van der Waals surface area contributed by atoms with Crippen LogP contribution in [0.1, 0.15) is 43.8 Å². The summed E-state index contributed by atoms with van der Waals surface area (Å²) >= 11 is 0. The van der Waals surface area contributed by atoms with Gasteiger partial charge in [0.25, 0.3) is 5.91 Å². The van der Waals surface area contributed by atoms with Gasteiger partial charge in [0.2, 0.25) is 0 Å². The summed E-state index contributed by atoms with van der Waals surface area (Å²) in [5.74, 6) is 0.909. The van der Waals surface area contributed by atoms with Crippen LogP contribution >= 0.6 is 0 Å². The van der Waals surface area contributed by atoms with E-state index in [1.54, 1.807) is 28.9 Å². The van der Waals surface area contributed by atoms with Gasteiger partial charge in [-0.2, -0.15) is 5.10 Å². The molecule has 1 unspecified atom stereocenters. The van der Waals surface area contributed by atoms with Crippen molar-refractivity contribution in [3.05, 3.63) is 102 Å². The van der Waals surface area contributed by atoms with Gasteiger partial charge in [0, 0.05) is 41.6 Å². The van der Waals surface area contributed by atoms with Crippen molar-refractivity contribution in [3.63, 3.8) is 0 Å². The minimum absolute atomic E-state index is 0.214. The van der Waals surface area contributed by atoms with Crippen LogP contribution in [-0.4, -0.2) is 33.8 Å². The molecule has 2 aromatic heterocycles. The lowest BCUT2D eigenvalue weighted by Crippen LogP contribution is -2.23. The molecule has 0 saturated heterocycles. The second-order valence-electron chi connectivity index (χ2n) is 11.2. The number of nitrogens with one attached hydrogen (secondary N) is 2. The van der Waals surface area contributed by atoms with E-state index in [4.69, 9.17) is 20.3 Å². The highest BCUT2D eigenvalue weighted by Gasteiger charge is 2.22. The van der Waals surface area contributed by atoms with Crippen LogP contribution in [0, 0.1) is 6.92 Å². The number of fused-ring (bicyclic) bond motifs is 1. The molecule has 0 aliphatic heterocycles. The summed E-state index contributed by atoms with van der Waals surface area (Å²) in [6, 6.07) is 23.8. The SMILES string of the molecule is COC(C(N)=O)c1cc(Oc2ccc(NC(=O)Nc3cc(C(C)(C)C)nn3-c3ccc(C)cc3)c3ccccc23)ccn1. The fraction of sp³-hybridized carbons (Fsp3) is 0.212. The van der Waals surface area contributed by atoms with Gasteiger partial charge in [-0.15, -0.1) is 0 Å².